The SMILES string of the molecule is COc1cc(-c2ccccc2)c(OC)c(C(C)C#Cc2c(C)nc(N)nc2N)c1. The number of aryl methyl sites for hydroxylation is 1. The molecular formula is C23H24N4O2. The van der Waals surface area contributed by atoms with Crippen LogP contribution in [0.3, 0.4) is 0 Å². The van der Waals surface area contributed by atoms with Crippen molar-refractivity contribution >= 4 is 11.8 Å². The van der Waals surface area contributed by atoms with Gasteiger partial charge < -0.3 is 20.9 Å². The van der Waals surface area contributed by atoms with Crippen LogP contribution in [0.15, 0.2) is 42.5 Å². The molecule has 0 aliphatic rings. The number of methoxy groups -OCH3 is 2. The lowest BCUT2D eigenvalue weighted by Crippen LogP contribution is -2.05. The molecule has 0 bridgehead atoms. The highest BCUT2D eigenvalue weighted by molar-refractivity contribution is 5.75. The van der Waals surface area contributed by atoms with E-state index in [1.54, 1.807) is 14.2 Å². The van der Waals surface area contributed by atoms with E-state index in [4.69, 9.17) is 20.9 Å². The van der Waals surface area contributed by atoms with Crippen LogP contribution < -0.4 is 20.9 Å². The summed E-state index contributed by atoms with van der Waals surface area (Å²) in [4.78, 5) is 8.14. The van der Waals surface area contributed by atoms with Crippen LogP contribution in [0.1, 0.15) is 29.7 Å². The van der Waals surface area contributed by atoms with Crippen LogP contribution in [0.25, 0.3) is 11.1 Å². The molecule has 2 aromatic carbocycles. The van der Waals surface area contributed by atoms with Gasteiger partial charge in [0.25, 0.3) is 0 Å². The summed E-state index contributed by atoms with van der Waals surface area (Å²) in [5.41, 5.74) is 15.7. The fourth-order valence-electron chi connectivity index (χ4n) is 3.15. The van der Waals surface area contributed by atoms with Gasteiger partial charge in [0, 0.05) is 17.0 Å². The number of anilines is 2. The zero-order chi connectivity index (χ0) is 21.0. The number of aromatic nitrogens is 2. The third-order valence-electron chi connectivity index (χ3n) is 4.63. The number of nitrogens with two attached hydrogens (primary N) is 2. The van der Waals surface area contributed by atoms with Gasteiger partial charge in [0.15, 0.2) is 0 Å². The molecular weight excluding hydrogens is 364 g/mol. The van der Waals surface area contributed by atoms with E-state index < -0.39 is 0 Å². The topological polar surface area (TPSA) is 96.3 Å². The van der Waals surface area contributed by atoms with Crippen molar-refractivity contribution in [3.05, 3.63) is 59.3 Å². The Hall–Kier alpha value is -3.72. The summed E-state index contributed by atoms with van der Waals surface area (Å²) in [7, 11) is 3.31. The molecule has 0 aliphatic carbocycles. The van der Waals surface area contributed by atoms with Gasteiger partial charge in [0.1, 0.15) is 17.3 Å². The zero-order valence-electron chi connectivity index (χ0n) is 17.0. The predicted octanol–water partition coefficient (Wildman–Crippen LogP) is 3.79. The minimum atomic E-state index is -0.154. The molecule has 3 rings (SSSR count). The fourth-order valence-corrected chi connectivity index (χ4v) is 3.15. The highest BCUT2D eigenvalue weighted by Crippen LogP contribution is 2.40. The summed E-state index contributed by atoms with van der Waals surface area (Å²) in [5.74, 6) is 8.10. The number of nitrogen functional groups attached to an aromatic ring is 2. The lowest BCUT2D eigenvalue weighted by molar-refractivity contribution is 0.399. The molecule has 0 spiro atoms. The minimum Gasteiger partial charge on any atom is -0.497 e. The summed E-state index contributed by atoms with van der Waals surface area (Å²) in [6, 6.07) is 13.9. The number of hydrogen-bond donors (Lipinski definition) is 2. The number of hydrogen-bond acceptors (Lipinski definition) is 6. The Morgan fingerprint density at radius 1 is 1.00 bits per heavy atom. The molecule has 0 amide bonds. The van der Waals surface area contributed by atoms with Gasteiger partial charge in [-0.3, -0.25) is 0 Å². The Labute approximate surface area is 170 Å². The van der Waals surface area contributed by atoms with E-state index >= 15 is 0 Å². The van der Waals surface area contributed by atoms with Crippen molar-refractivity contribution in [2.45, 2.75) is 19.8 Å². The minimum absolute atomic E-state index is 0.139. The van der Waals surface area contributed by atoms with E-state index in [1.807, 2.05) is 56.3 Å². The Morgan fingerprint density at radius 2 is 1.72 bits per heavy atom. The quantitative estimate of drug-likeness (QED) is 0.660. The van der Waals surface area contributed by atoms with E-state index in [-0.39, 0.29) is 17.7 Å². The van der Waals surface area contributed by atoms with Crippen LogP contribution in [-0.4, -0.2) is 24.2 Å². The maximum Gasteiger partial charge on any atom is 0.222 e. The molecule has 0 radical (unpaired) electrons. The summed E-state index contributed by atoms with van der Waals surface area (Å²) in [5, 5.41) is 0. The van der Waals surface area contributed by atoms with Crippen molar-refractivity contribution in [2.75, 3.05) is 25.7 Å². The van der Waals surface area contributed by atoms with Gasteiger partial charge in [0.05, 0.1) is 25.5 Å². The predicted molar refractivity (Wildman–Crippen MR) is 116 cm³/mol. The van der Waals surface area contributed by atoms with E-state index in [9.17, 15) is 0 Å². The van der Waals surface area contributed by atoms with Crippen LogP contribution in [0.5, 0.6) is 11.5 Å². The first-order valence-corrected chi connectivity index (χ1v) is 9.17. The summed E-state index contributed by atoms with van der Waals surface area (Å²) in [6.07, 6.45) is 0. The molecule has 0 saturated heterocycles. The Kier molecular flexibility index (Phi) is 5.89. The monoisotopic (exact) mass is 388 g/mol. The smallest absolute Gasteiger partial charge is 0.222 e. The number of ether oxygens (including phenoxy) is 2. The molecule has 0 aliphatic heterocycles. The highest BCUT2D eigenvalue weighted by Gasteiger charge is 2.17. The van der Waals surface area contributed by atoms with E-state index in [0.29, 0.717) is 11.3 Å². The third-order valence-corrected chi connectivity index (χ3v) is 4.63. The van der Waals surface area contributed by atoms with E-state index in [0.717, 1.165) is 28.2 Å². The average Bonchev–Trinajstić information content (AvgIpc) is 2.72. The molecule has 6 nitrogen and oxygen atoms in total. The lowest BCUT2D eigenvalue weighted by atomic mass is 9.94. The second-order valence-corrected chi connectivity index (χ2v) is 6.58. The van der Waals surface area contributed by atoms with Gasteiger partial charge in [-0.15, -0.1) is 0 Å². The van der Waals surface area contributed by atoms with Crippen LogP contribution >= 0.6 is 0 Å². The summed E-state index contributed by atoms with van der Waals surface area (Å²) < 4.78 is 11.3. The third kappa shape index (κ3) is 4.25. The van der Waals surface area contributed by atoms with Crippen molar-refractivity contribution in [3.63, 3.8) is 0 Å². The van der Waals surface area contributed by atoms with Gasteiger partial charge in [-0.1, -0.05) is 42.2 Å². The molecule has 4 N–H and O–H groups in total. The molecule has 0 fully saturated rings. The molecule has 1 heterocycles. The van der Waals surface area contributed by atoms with Crippen molar-refractivity contribution < 1.29 is 9.47 Å². The van der Waals surface area contributed by atoms with Crippen molar-refractivity contribution in [2.24, 2.45) is 0 Å². The van der Waals surface area contributed by atoms with Crippen molar-refractivity contribution in [1.82, 2.24) is 9.97 Å². The Bertz CT molecular complexity index is 1060. The highest BCUT2D eigenvalue weighted by atomic mass is 16.5. The molecule has 6 heteroatoms. The lowest BCUT2D eigenvalue weighted by Gasteiger charge is -2.18. The van der Waals surface area contributed by atoms with Crippen molar-refractivity contribution in [1.29, 1.82) is 0 Å². The molecule has 1 unspecified atom stereocenters. The largest absolute Gasteiger partial charge is 0.497 e. The van der Waals surface area contributed by atoms with Crippen LogP contribution in [0, 0.1) is 18.8 Å². The standard InChI is InChI=1S/C23H24N4O2/c1-14(10-11-18-15(2)26-23(25)27-22(18)24)19-12-17(28-3)13-20(21(19)29-4)16-8-6-5-7-9-16/h5-9,12-14H,1-4H3,(H4,24,25,26,27). The van der Waals surface area contributed by atoms with Crippen LogP contribution in [-0.2, 0) is 0 Å². The Balaban J connectivity index is 2.09. The molecule has 148 valence electrons. The number of rotatable bonds is 4. The summed E-state index contributed by atoms with van der Waals surface area (Å²) >= 11 is 0. The van der Waals surface area contributed by atoms with Gasteiger partial charge in [-0.2, -0.15) is 4.98 Å². The number of nitrogens with zero attached hydrogens (tertiary/aromatic N) is 2. The first-order valence-electron chi connectivity index (χ1n) is 9.17. The van der Waals surface area contributed by atoms with Crippen LogP contribution in [0.4, 0.5) is 11.8 Å². The number of benzene rings is 2. The molecule has 3 aromatic rings. The first kappa shape index (κ1) is 20.0. The van der Waals surface area contributed by atoms with E-state index in [1.165, 1.54) is 0 Å². The van der Waals surface area contributed by atoms with Gasteiger partial charge in [-0.25, -0.2) is 4.98 Å². The summed E-state index contributed by atoms with van der Waals surface area (Å²) in [6.45, 7) is 3.81. The van der Waals surface area contributed by atoms with E-state index in [2.05, 4.69) is 21.8 Å². The van der Waals surface area contributed by atoms with Crippen molar-refractivity contribution in [3.8, 4) is 34.5 Å². The van der Waals surface area contributed by atoms with Gasteiger partial charge in [-0.05, 0) is 31.5 Å². The maximum atomic E-state index is 5.97. The molecule has 0 saturated carbocycles. The normalized spacial score (nSPS) is 11.3. The molecule has 1 atom stereocenters. The maximum absolute atomic E-state index is 5.97. The Morgan fingerprint density at radius 3 is 2.34 bits per heavy atom. The zero-order valence-corrected chi connectivity index (χ0v) is 17.0. The second kappa shape index (κ2) is 8.53. The second-order valence-electron chi connectivity index (χ2n) is 6.58. The average molecular weight is 388 g/mol. The van der Waals surface area contributed by atoms with Gasteiger partial charge in [0.2, 0.25) is 5.95 Å². The fraction of sp³-hybridized carbons (Fsp3) is 0.217. The molecule has 1 aromatic heterocycles. The van der Waals surface area contributed by atoms with Gasteiger partial charge >= 0.3 is 0 Å². The first-order chi connectivity index (χ1) is 13.9. The molecule has 29 heavy (non-hydrogen) atoms. The van der Waals surface area contributed by atoms with Crippen LogP contribution in [0.2, 0.25) is 0 Å².